The van der Waals surface area contributed by atoms with Crippen LogP contribution in [0.25, 0.3) is 5.65 Å². The summed E-state index contributed by atoms with van der Waals surface area (Å²) < 4.78 is 1.84. The summed E-state index contributed by atoms with van der Waals surface area (Å²) >= 11 is 0. The highest BCUT2D eigenvalue weighted by molar-refractivity contribution is 5.52. The first-order chi connectivity index (χ1) is 8.48. The van der Waals surface area contributed by atoms with Crippen LogP contribution < -0.4 is 11.1 Å². The van der Waals surface area contributed by atoms with Crippen LogP contribution in [-0.4, -0.2) is 26.7 Å². The average Bonchev–Trinajstić information content (AvgIpc) is 2.76. The van der Waals surface area contributed by atoms with Gasteiger partial charge in [-0.2, -0.15) is 9.61 Å². The molecule has 3 rings (SSSR count). The van der Waals surface area contributed by atoms with E-state index in [0.29, 0.717) is 6.04 Å². The van der Waals surface area contributed by atoms with Gasteiger partial charge in [0.2, 0.25) is 0 Å². The molecule has 0 radical (unpaired) electrons. The van der Waals surface area contributed by atoms with Crippen LogP contribution in [-0.2, 0) is 0 Å². The Morgan fingerprint density at radius 2 is 2.22 bits per heavy atom. The van der Waals surface area contributed by atoms with Gasteiger partial charge in [-0.25, -0.2) is 4.98 Å². The van der Waals surface area contributed by atoms with Crippen LogP contribution in [0.5, 0.6) is 0 Å². The summed E-state index contributed by atoms with van der Waals surface area (Å²) in [5.41, 5.74) is 8.22. The van der Waals surface area contributed by atoms with Gasteiger partial charge in [-0.05, 0) is 31.0 Å². The second-order valence-corrected chi connectivity index (χ2v) is 5.81. The van der Waals surface area contributed by atoms with E-state index in [9.17, 15) is 0 Å². The third-order valence-electron chi connectivity index (χ3n) is 4.19. The SMILES string of the molecule is Cc1cc(NC2CC(N)C2(C)C)n2ncnc2c1. The van der Waals surface area contributed by atoms with Crippen molar-refractivity contribution < 1.29 is 0 Å². The van der Waals surface area contributed by atoms with E-state index in [1.807, 2.05) is 10.6 Å². The lowest BCUT2D eigenvalue weighted by molar-refractivity contribution is 0.117. The van der Waals surface area contributed by atoms with E-state index in [2.05, 4.69) is 42.2 Å². The predicted molar refractivity (Wildman–Crippen MR) is 71.5 cm³/mol. The number of nitrogens with zero attached hydrogens (tertiary/aromatic N) is 3. The molecular weight excluding hydrogens is 226 g/mol. The zero-order valence-electron chi connectivity index (χ0n) is 11.0. The van der Waals surface area contributed by atoms with Crippen molar-refractivity contribution in [2.45, 2.75) is 39.3 Å². The Hall–Kier alpha value is -1.62. The van der Waals surface area contributed by atoms with Crippen molar-refractivity contribution in [1.82, 2.24) is 14.6 Å². The molecule has 5 heteroatoms. The number of aromatic nitrogens is 3. The van der Waals surface area contributed by atoms with Crippen molar-refractivity contribution in [2.75, 3.05) is 5.32 Å². The van der Waals surface area contributed by atoms with Gasteiger partial charge in [-0.1, -0.05) is 13.8 Å². The zero-order chi connectivity index (χ0) is 12.9. The summed E-state index contributed by atoms with van der Waals surface area (Å²) in [6, 6.07) is 4.78. The molecule has 2 aromatic rings. The number of nitrogens with one attached hydrogen (secondary N) is 1. The maximum absolute atomic E-state index is 6.05. The number of hydrogen-bond acceptors (Lipinski definition) is 4. The van der Waals surface area contributed by atoms with Crippen molar-refractivity contribution in [2.24, 2.45) is 11.1 Å². The third kappa shape index (κ3) is 1.58. The van der Waals surface area contributed by atoms with Gasteiger partial charge < -0.3 is 11.1 Å². The average molecular weight is 245 g/mol. The Kier molecular flexibility index (Phi) is 2.35. The molecule has 1 aliphatic rings. The van der Waals surface area contributed by atoms with Crippen molar-refractivity contribution in [3.05, 3.63) is 24.0 Å². The lowest BCUT2D eigenvalue weighted by Crippen LogP contribution is -2.61. The Labute approximate surface area is 106 Å². The fourth-order valence-corrected chi connectivity index (χ4v) is 2.54. The highest BCUT2D eigenvalue weighted by Crippen LogP contribution is 2.40. The lowest BCUT2D eigenvalue weighted by atomic mass is 9.63. The minimum Gasteiger partial charge on any atom is -0.367 e. The fourth-order valence-electron chi connectivity index (χ4n) is 2.54. The summed E-state index contributed by atoms with van der Waals surface area (Å²) in [5.74, 6) is 0.993. The molecule has 3 N–H and O–H groups in total. The summed E-state index contributed by atoms with van der Waals surface area (Å²) in [4.78, 5) is 4.23. The smallest absolute Gasteiger partial charge is 0.157 e. The number of rotatable bonds is 2. The van der Waals surface area contributed by atoms with E-state index in [1.54, 1.807) is 6.33 Å². The molecule has 2 atom stereocenters. The molecule has 0 spiro atoms. The van der Waals surface area contributed by atoms with E-state index in [0.717, 1.165) is 17.9 Å². The van der Waals surface area contributed by atoms with Crippen molar-refractivity contribution >= 4 is 11.5 Å². The zero-order valence-corrected chi connectivity index (χ0v) is 11.0. The summed E-state index contributed by atoms with van der Waals surface area (Å²) in [7, 11) is 0. The second-order valence-electron chi connectivity index (χ2n) is 5.81. The van der Waals surface area contributed by atoms with Crippen LogP contribution in [0.15, 0.2) is 18.5 Å². The summed E-state index contributed by atoms with van der Waals surface area (Å²) in [6.45, 7) is 6.47. The molecule has 0 aliphatic heterocycles. The molecule has 5 nitrogen and oxygen atoms in total. The molecular formula is C13H19N5. The Bertz CT molecular complexity index is 586. The minimum absolute atomic E-state index is 0.122. The standard InChI is InChI=1S/C13H19N5/c1-8-4-11-15-7-16-18(11)12(5-8)17-10-6-9(14)13(10,2)3/h4-5,7,9-10,17H,6,14H2,1-3H3. The number of fused-ring (bicyclic) bond motifs is 1. The van der Waals surface area contributed by atoms with Crippen LogP contribution in [0.3, 0.4) is 0 Å². The van der Waals surface area contributed by atoms with E-state index < -0.39 is 0 Å². The number of aryl methyl sites for hydroxylation is 1. The number of hydrogen-bond donors (Lipinski definition) is 2. The van der Waals surface area contributed by atoms with Gasteiger partial charge in [-0.3, -0.25) is 0 Å². The monoisotopic (exact) mass is 245 g/mol. The van der Waals surface area contributed by atoms with Gasteiger partial charge in [0.25, 0.3) is 0 Å². The number of anilines is 1. The van der Waals surface area contributed by atoms with Crippen LogP contribution in [0, 0.1) is 12.3 Å². The maximum atomic E-state index is 6.05. The third-order valence-corrected chi connectivity index (χ3v) is 4.19. The predicted octanol–water partition coefficient (Wildman–Crippen LogP) is 1.58. The maximum Gasteiger partial charge on any atom is 0.157 e. The molecule has 0 amide bonds. The van der Waals surface area contributed by atoms with Crippen LogP contribution >= 0.6 is 0 Å². The quantitative estimate of drug-likeness (QED) is 0.842. The summed E-state index contributed by atoms with van der Waals surface area (Å²) in [5, 5.41) is 7.80. The molecule has 1 saturated carbocycles. The Morgan fingerprint density at radius 3 is 2.89 bits per heavy atom. The van der Waals surface area contributed by atoms with Crippen molar-refractivity contribution in [3.63, 3.8) is 0 Å². The first-order valence-corrected chi connectivity index (χ1v) is 6.31. The van der Waals surface area contributed by atoms with Gasteiger partial charge in [0.15, 0.2) is 5.65 Å². The van der Waals surface area contributed by atoms with Gasteiger partial charge >= 0.3 is 0 Å². The van der Waals surface area contributed by atoms with E-state index in [-0.39, 0.29) is 11.5 Å². The summed E-state index contributed by atoms with van der Waals surface area (Å²) in [6.07, 6.45) is 2.58. The van der Waals surface area contributed by atoms with Gasteiger partial charge in [0, 0.05) is 17.5 Å². The number of pyridine rings is 1. The van der Waals surface area contributed by atoms with Crippen molar-refractivity contribution in [1.29, 1.82) is 0 Å². The van der Waals surface area contributed by atoms with Crippen LogP contribution in [0.1, 0.15) is 25.8 Å². The molecule has 2 unspecified atom stereocenters. The largest absolute Gasteiger partial charge is 0.367 e. The van der Waals surface area contributed by atoms with Gasteiger partial charge in [0.1, 0.15) is 12.1 Å². The Balaban J connectivity index is 1.93. The van der Waals surface area contributed by atoms with Gasteiger partial charge in [0.05, 0.1) is 0 Å². The molecule has 96 valence electrons. The number of nitrogens with two attached hydrogens (primary N) is 1. The molecule has 1 fully saturated rings. The molecule has 1 aliphatic carbocycles. The topological polar surface area (TPSA) is 68.2 Å². The molecule has 0 aromatic carbocycles. The van der Waals surface area contributed by atoms with Crippen LogP contribution in [0.2, 0.25) is 0 Å². The normalized spacial score (nSPS) is 26.0. The molecule has 0 bridgehead atoms. The van der Waals surface area contributed by atoms with Gasteiger partial charge in [-0.15, -0.1) is 0 Å². The first-order valence-electron chi connectivity index (χ1n) is 6.31. The second kappa shape index (κ2) is 3.68. The minimum atomic E-state index is 0.122. The fraction of sp³-hybridized carbons (Fsp3) is 0.538. The van der Waals surface area contributed by atoms with E-state index in [1.165, 1.54) is 5.56 Å². The molecule has 2 aromatic heterocycles. The highest BCUT2D eigenvalue weighted by atomic mass is 15.3. The van der Waals surface area contributed by atoms with Crippen molar-refractivity contribution in [3.8, 4) is 0 Å². The van der Waals surface area contributed by atoms with Crippen LogP contribution in [0.4, 0.5) is 5.82 Å². The lowest BCUT2D eigenvalue weighted by Gasteiger charge is -2.50. The first kappa shape index (κ1) is 11.5. The Morgan fingerprint density at radius 1 is 1.44 bits per heavy atom. The van der Waals surface area contributed by atoms with E-state index in [4.69, 9.17) is 5.73 Å². The molecule has 2 heterocycles. The molecule has 0 saturated heterocycles. The molecule has 18 heavy (non-hydrogen) atoms. The van der Waals surface area contributed by atoms with E-state index >= 15 is 0 Å². The highest BCUT2D eigenvalue weighted by Gasteiger charge is 2.46.